The van der Waals surface area contributed by atoms with Crippen molar-refractivity contribution in [2.75, 3.05) is 0 Å². The van der Waals surface area contributed by atoms with E-state index < -0.39 is 0 Å². The first-order chi connectivity index (χ1) is 16.5. The van der Waals surface area contributed by atoms with Gasteiger partial charge in [-0.25, -0.2) is 0 Å². The number of hydrogen-bond acceptors (Lipinski definition) is 1. The van der Waals surface area contributed by atoms with Crippen LogP contribution in [0.25, 0.3) is 11.6 Å². The molecule has 34 heavy (non-hydrogen) atoms. The second-order valence-corrected chi connectivity index (χ2v) is 7.43. The number of aryl methyl sites for hydroxylation is 2. The summed E-state index contributed by atoms with van der Waals surface area (Å²) in [6.45, 7) is 21.9. The van der Waals surface area contributed by atoms with Crippen LogP contribution in [0.2, 0.25) is 0 Å². The molecule has 0 saturated heterocycles. The highest BCUT2D eigenvalue weighted by Gasteiger charge is 2.11. The Kier molecular flexibility index (Phi) is 16.0. The number of benzene rings is 3. The Hall–Kier alpha value is -3.58. The fourth-order valence-electron chi connectivity index (χ4n) is 3.50. The van der Waals surface area contributed by atoms with Crippen LogP contribution in [0.4, 0.5) is 0 Å². The third kappa shape index (κ3) is 9.92. The Balaban J connectivity index is 0.00000141. The molecule has 0 aliphatic heterocycles. The predicted molar refractivity (Wildman–Crippen MR) is 156 cm³/mol. The van der Waals surface area contributed by atoms with Gasteiger partial charge in [0.2, 0.25) is 0 Å². The van der Waals surface area contributed by atoms with E-state index in [1.807, 2.05) is 19.9 Å². The Morgan fingerprint density at radius 3 is 1.97 bits per heavy atom. The standard InChI is InChI=1S/C27H28.C2H5N.C2H6.C2H4/c1-5-24(15-14-23-11-7-6-8-12-23)27-17-16-26(19-21(27)3)22(4)25-13-9-10-20(2)18-25;1-2-3;2*1-2/h5-19,22H,1-4H3;2H,1,3H2;1-2H3;1-2H2/b15-14+,24-5-;;;. The Morgan fingerprint density at radius 2 is 1.44 bits per heavy atom. The molecule has 0 saturated carbocycles. The third-order valence-electron chi connectivity index (χ3n) is 5.17. The highest BCUT2D eigenvalue weighted by molar-refractivity contribution is 5.80. The van der Waals surface area contributed by atoms with Crippen molar-refractivity contribution in [1.82, 2.24) is 0 Å². The third-order valence-corrected chi connectivity index (χ3v) is 5.17. The van der Waals surface area contributed by atoms with Crippen LogP contribution >= 0.6 is 0 Å². The molecule has 1 heteroatoms. The molecule has 0 aromatic heterocycles. The maximum absolute atomic E-state index is 4.61. The first kappa shape index (κ1) is 30.4. The van der Waals surface area contributed by atoms with Crippen LogP contribution in [0.15, 0.2) is 111 Å². The molecule has 0 aliphatic carbocycles. The van der Waals surface area contributed by atoms with Crippen molar-refractivity contribution in [3.63, 3.8) is 0 Å². The summed E-state index contributed by atoms with van der Waals surface area (Å²) in [5.41, 5.74) is 13.8. The van der Waals surface area contributed by atoms with Gasteiger partial charge in [0.1, 0.15) is 0 Å². The van der Waals surface area contributed by atoms with E-state index in [1.165, 1.54) is 45.2 Å². The fourth-order valence-corrected chi connectivity index (χ4v) is 3.50. The van der Waals surface area contributed by atoms with Crippen LogP contribution in [0, 0.1) is 13.8 Å². The van der Waals surface area contributed by atoms with Gasteiger partial charge in [0.15, 0.2) is 0 Å². The van der Waals surface area contributed by atoms with Crippen LogP contribution in [0.1, 0.15) is 67.0 Å². The summed E-state index contributed by atoms with van der Waals surface area (Å²) in [6, 6.07) is 26.1. The van der Waals surface area contributed by atoms with E-state index in [-0.39, 0.29) is 0 Å². The van der Waals surface area contributed by atoms with Crippen LogP contribution in [0.3, 0.4) is 0 Å². The molecule has 1 nitrogen and oxygen atoms in total. The lowest BCUT2D eigenvalue weighted by atomic mass is 9.89. The van der Waals surface area contributed by atoms with Crippen LogP contribution in [-0.4, -0.2) is 0 Å². The van der Waals surface area contributed by atoms with Gasteiger partial charge in [-0.15, -0.1) is 13.2 Å². The molecule has 0 bridgehead atoms. The van der Waals surface area contributed by atoms with Gasteiger partial charge in [-0.3, -0.25) is 0 Å². The van der Waals surface area contributed by atoms with E-state index in [1.54, 1.807) is 0 Å². The van der Waals surface area contributed by atoms with Crippen molar-refractivity contribution in [3.8, 4) is 0 Å². The average Bonchev–Trinajstić information content (AvgIpc) is 2.88. The summed E-state index contributed by atoms with van der Waals surface area (Å²) < 4.78 is 0. The lowest BCUT2D eigenvalue weighted by Crippen LogP contribution is -1.98. The van der Waals surface area contributed by atoms with E-state index in [0.717, 1.165) is 0 Å². The molecule has 3 aromatic carbocycles. The molecule has 1 atom stereocenters. The van der Waals surface area contributed by atoms with Crippen molar-refractivity contribution >= 4 is 11.6 Å². The molecule has 0 spiro atoms. The Morgan fingerprint density at radius 1 is 0.853 bits per heavy atom. The van der Waals surface area contributed by atoms with Crippen LogP contribution in [0.5, 0.6) is 0 Å². The SMILES string of the molecule is C/C=C(/C=C/c1ccccc1)c1ccc(C(C)c2cccc(C)c2)cc1C.C=C.C=CN.CC. The number of hydrogen-bond donors (Lipinski definition) is 1. The Labute approximate surface area is 209 Å². The summed E-state index contributed by atoms with van der Waals surface area (Å²) in [5.74, 6) is 0.395. The van der Waals surface area contributed by atoms with Gasteiger partial charge in [0.25, 0.3) is 0 Å². The maximum Gasteiger partial charge on any atom is 0.00612 e. The zero-order chi connectivity index (χ0) is 25.9. The van der Waals surface area contributed by atoms with Gasteiger partial charge in [0, 0.05) is 5.92 Å². The van der Waals surface area contributed by atoms with Crippen molar-refractivity contribution in [2.45, 2.75) is 47.5 Å². The first-order valence-corrected chi connectivity index (χ1v) is 11.9. The van der Waals surface area contributed by atoms with E-state index in [9.17, 15) is 0 Å². The topological polar surface area (TPSA) is 26.0 Å². The lowest BCUT2D eigenvalue weighted by molar-refractivity contribution is 0.917. The maximum atomic E-state index is 4.61. The van der Waals surface area contributed by atoms with E-state index in [2.05, 4.69) is 138 Å². The van der Waals surface area contributed by atoms with Gasteiger partial charge < -0.3 is 5.73 Å². The molecule has 0 heterocycles. The lowest BCUT2D eigenvalue weighted by Gasteiger charge is -2.16. The number of rotatable bonds is 5. The fraction of sp³-hybridized carbons (Fsp3) is 0.212. The molecular weight excluding hydrogens is 410 g/mol. The molecule has 2 N–H and O–H groups in total. The van der Waals surface area contributed by atoms with E-state index in [0.29, 0.717) is 5.92 Å². The summed E-state index contributed by atoms with van der Waals surface area (Å²) >= 11 is 0. The second-order valence-electron chi connectivity index (χ2n) is 7.43. The van der Waals surface area contributed by atoms with Gasteiger partial charge in [-0.05, 0) is 60.4 Å². The molecule has 180 valence electrons. The van der Waals surface area contributed by atoms with Crippen LogP contribution in [-0.2, 0) is 0 Å². The second kappa shape index (κ2) is 17.9. The van der Waals surface area contributed by atoms with Gasteiger partial charge >= 0.3 is 0 Å². The molecule has 0 radical (unpaired) electrons. The molecule has 0 aliphatic rings. The predicted octanol–water partition coefficient (Wildman–Crippen LogP) is 9.49. The zero-order valence-electron chi connectivity index (χ0n) is 22.0. The summed E-state index contributed by atoms with van der Waals surface area (Å²) in [5, 5.41) is 0. The molecule has 3 rings (SSSR count). The normalized spacial score (nSPS) is 11.1. The van der Waals surface area contributed by atoms with Crippen molar-refractivity contribution < 1.29 is 0 Å². The number of nitrogens with two attached hydrogens (primary N) is 1. The minimum atomic E-state index is 0.395. The summed E-state index contributed by atoms with van der Waals surface area (Å²) in [4.78, 5) is 0. The first-order valence-electron chi connectivity index (χ1n) is 11.9. The van der Waals surface area contributed by atoms with Crippen molar-refractivity contribution in [1.29, 1.82) is 0 Å². The monoisotopic (exact) mass is 453 g/mol. The van der Waals surface area contributed by atoms with Crippen LogP contribution < -0.4 is 5.73 Å². The Bertz CT molecular complexity index is 1030. The van der Waals surface area contributed by atoms with E-state index in [4.69, 9.17) is 0 Å². The molecular formula is C33H43N. The van der Waals surface area contributed by atoms with Crippen molar-refractivity contribution in [3.05, 3.63) is 144 Å². The van der Waals surface area contributed by atoms with Gasteiger partial charge in [0.05, 0.1) is 0 Å². The molecule has 3 aromatic rings. The quantitative estimate of drug-likeness (QED) is 0.302. The van der Waals surface area contributed by atoms with Gasteiger partial charge in [-0.2, -0.15) is 0 Å². The van der Waals surface area contributed by atoms with Gasteiger partial charge in [-0.1, -0.05) is 124 Å². The summed E-state index contributed by atoms with van der Waals surface area (Å²) in [7, 11) is 0. The highest BCUT2D eigenvalue weighted by atomic mass is 14.5. The average molecular weight is 454 g/mol. The molecule has 0 amide bonds. The van der Waals surface area contributed by atoms with E-state index >= 15 is 0 Å². The minimum Gasteiger partial charge on any atom is -0.405 e. The smallest absolute Gasteiger partial charge is 0.00612 e. The molecule has 0 fully saturated rings. The molecule has 1 unspecified atom stereocenters. The van der Waals surface area contributed by atoms with Crippen molar-refractivity contribution in [2.24, 2.45) is 5.73 Å². The number of allylic oxidation sites excluding steroid dienone is 3. The zero-order valence-corrected chi connectivity index (χ0v) is 22.0. The summed E-state index contributed by atoms with van der Waals surface area (Å²) in [6.07, 6.45) is 7.82. The minimum absolute atomic E-state index is 0.395. The highest BCUT2D eigenvalue weighted by Crippen LogP contribution is 2.29. The largest absolute Gasteiger partial charge is 0.405 e.